The van der Waals surface area contributed by atoms with Crippen molar-refractivity contribution in [1.82, 2.24) is 0 Å². The summed E-state index contributed by atoms with van der Waals surface area (Å²) in [4.78, 5) is 0. The molecule has 41 heavy (non-hydrogen) atoms. The summed E-state index contributed by atoms with van der Waals surface area (Å²) in [5, 5.41) is 10.1. The molecule has 0 saturated heterocycles. The molecular weight excluding hydrogens is 538 g/mol. The Hall–Kier alpha value is -1.76. The van der Waals surface area contributed by atoms with Crippen LogP contribution in [0.1, 0.15) is 118 Å². The molecule has 0 heterocycles. The molecule has 1 saturated carbocycles. The number of alkyl halides is 6. The fraction of sp³-hybridized carbons (Fsp3) is 0.706. The van der Waals surface area contributed by atoms with Crippen LogP contribution in [0.3, 0.4) is 0 Å². The molecule has 0 aliphatic heterocycles. The van der Waals surface area contributed by atoms with Gasteiger partial charge in [0.2, 0.25) is 0 Å². The SMILES string of the molecule is C=C1/C(=C\C=C/CCC[C@@]2(C)CCCC=C2C(C)(CC)C/C=C\C(CC(F)(F)F)C(F)(F)F)CCCC[C@@H]1O.CC. The van der Waals surface area contributed by atoms with E-state index in [2.05, 4.69) is 31.7 Å². The normalized spacial score (nSPS) is 26.0. The average Bonchev–Trinajstić information content (AvgIpc) is 3.05. The van der Waals surface area contributed by atoms with Gasteiger partial charge in [-0.05, 0) is 92.6 Å². The third-order valence-electron chi connectivity index (χ3n) is 8.69. The lowest BCUT2D eigenvalue weighted by Gasteiger charge is -2.45. The van der Waals surface area contributed by atoms with Crippen LogP contribution >= 0.6 is 0 Å². The largest absolute Gasteiger partial charge is 0.395 e. The highest BCUT2D eigenvalue weighted by Gasteiger charge is 2.45. The zero-order valence-electron chi connectivity index (χ0n) is 25.7. The molecule has 1 N–H and O–H groups in total. The van der Waals surface area contributed by atoms with Crippen molar-refractivity contribution in [2.75, 3.05) is 0 Å². The first-order valence-electron chi connectivity index (χ1n) is 15.4. The number of rotatable bonds is 11. The molecule has 7 heteroatoms. The quantitative estimate of drug-likeness (QED) is 0.110. The van der Waals surface area contributed by atoms with E-state index < -0.39 is 36.2 Å². The first-order chi connectivity index (χ1) is 19.1. The average molecular weight is 591 g/mol. The molecule has 0 aromatic heterocycles. The molecule has 0 aromatic rings. The van der Waals surface area contributed by atoms with Crippen molar-refractivity contribution in [2.45, 2.75) is 137 Å². The zero-order valence-corrected chi connectivity index (χ0v) is 25.7. The van der Waals surface area contributed by atoms with E-state index in [4.69, 9.17) is 0 Å². The molecule has 2 aliphatic rings. The summed E-state index contributed by atoms with van der Waals surface area (Å²) < 4.78 is 77.9. The van der Waals surface area contributed by atoms with E-state index in [1.807, 2.05) is 33.8 Å². The lowest BCUT2D eigenvalue weighted by Crippen LogP contribution is -2.33. The second-order valence-corrected chi connectivity index (χ2v) is 11.9. The van der Waals surface area contributed by atoms with Crippen LogP contribution in [0.25, 0.3) is 0 Å². The summed E-state index contributed by atoms with van der Waals surface area (Å²) in [7, 11) is 0. The van der Waals surface area contributed by atoms with Crippen LogP contribution in [0.4, 0.5) is 26.3 Å². The Kier molecular flexibility index (Phi) is 15.2. The number of aliphatic hydroxyl groups is 1. The Morgan fingerprint density at radius 2 is 1.78 bits per heavy atom. The summed E-state index contributed by atoms with van der Waals surface area (Å²) in [6.07, 6.45) is 8.73. The predicted octanol–water partition coefficient (Wildman–Crippen LogP) is 11.8. The van der Waals surface area contributed by atoms with Gasteiger partial charge in [0.05, 0.1) is 18.4 Å². The van der Waals surface area contributed by atoms with Gasteiger partial charge in [0.1, 0.15) is 0 Å². The number of hydrogen-bond donors (Lipinski definition) is 1. The molecule has 1 nitrogen and oxygen atoms in total. The summed E-state index contributed by atoms with van der Waals surface area (Å²) in [6, 6.07) is 0. The fourth-order valence-corrected chi connectivity index (χ4v) is 6.12. The van der Waals surface area contributed by atoms with Gasteiger partial charge in [-0.1, -0.05) is 89.6 Å². The zero-order chi connectivity index (χ0) is 31.3. The van der Waals surface area contributed by atoms with E-state index in [9.17, 15) is 31.4 Å². The van der Waals surface area contributed by atoms with Crippen LogP contribution in [0.5, 0.6) is 0 Å². The highest BCUT2D eigenvalue weighted by Crippen LogP contribution is 2.52. The van der Waals surface area contributed by atoms with E-state index in [1.54, 1.807) is 0 Å². The number of unbranched alkanes of at least 4 members (excludes halogenated alkanes) is 1. The minimum atomic E-state index is -4.93. The molecule has 0 bridgehead atoms. The number of hydrogen-bond acceptors (Lipinski definition) is 1. The topological polar surface area (TPSA) is 20.2 Å². The molecule has 1 fully saturated rings. The number of allylic oxidation sites excluding steroid dienone is 7. The van der Waals surface area contributed by atoms with Gasteiger partial charge in [0.15, 0.2) is 0 Å². The molecule has 236 valence electrons. The lowest BCUT2D eigenvalue weighted by molar-refractivity contribution is -0.206. The van der Waals surface area contributed by atoms with Crippen molar-refractivity contribution >= 4 is 0 Å². The maximum Gasteiger partial charge on any atom is 0.395 e. The van der Waals surface area contributed by atoms with Crippen LogP contribution in [-0.2, 0) is 0 Å². The lowest BCUT2D eigenvalue weighted by atomic mass is 9.60. The van der Waals surface area contributed by atoms with E-state index in [0.717, 1.165) is 75.4 Å². The van der Waals surface area contributed by atoms with E-state index in [0.29, 0.717) is 12.5 Å². The van der Waals surface area contributed by atoms with Gasteiger partial charge in [-0.3, -0.25) is 0 Å². The third-order valence-corrected chi connectivity index (χ3v) is 8.69. The van der Waals surface area contributed by atoms with Crippen molar-refractivity contribution in [1.29, 1.82) is 0 Å². The molecule has 2 rings (SSSR count). The minimum Gasteiger partial charge on any atom is -0.388 e. The summed E-state index contributed by atoms with van der Waals surface area (Å²) in [6.45, 7) is 14.3. The van der Waals surface area contributed by atoms with Crippen LogP contribution in [0, 0.1) is 16.7 Å². The van der Waals surface area contributed by atoms with Gasteiger partial charge in [-0.2, -0.15) is 26.3 Å². The summed E-state index contributed by atoms with van der Waals surface area (Å²) in [5.41, 5.74) is 2.63. The summed E-state index contributed by atoms with van der Waals surface area (Å²) >= 11 is 0. The molecule has 2 aliphatic carbocycles. The predicted molar refractivity (Wildman–Crippen MR) is 158 cm³/mol. The van der Waals surface area contributed by atoms with Crippen LogP contribution in [0.2, 0.25) is 0 Å². The number of halogens is 6. The van der Waals surface area contributed by atoms with Crippen LogP contribution in [0.15, 0.2) is 59.8 Å². The highest BCUT2D eigenvalue weighted by atomic mass is 19.4. The molecule has 2 unspecified atom stereocenters. The van der Waals surface area contributed by atoms with Crippen molar-refractivity contribution < 1.29 is 31.4 Å². The maximum atomic E-state index is 13.2. The maximum absolute atomic E-state index is 13.2. The Morgan fingerprint density at radius 1 is 1.10 bits per heavy atom. The molecule has 0 spiro atoms. The van der Waals surface area contributed by atoms with Crippen LogP contribution < -0.4 is 0 Å². The standard InChI is InChI=1S/C32H46F6O.C2H6/c1-5-29(3,22-14-17-26(32(36,37)38)23-31(33,34)35)28-19-11-13-21-30(28,4)20-12-7-6-8-15-25-16-9-10-18-27(39)24(25)2;1-2/h6,8,14-15,17,19,26-27,39H,2,5,7,9-13,16,18,20-23H2,1,3-4H3;1-2H3/b8-6-,17-14-,25-15-;/t26?,27-,29?,30-;/m0./s1. The number of aliphatic hydroxyl groups excluding tert-OH is 1. The van der Waals surface area contributed by atoms with Gasteiger partial charge in [0.25, 0.3) is 0 Å². The molecule has 0 aromatic carbocycles. The van der Waals surface area contributed by atoms with Gasteiger partial charge in [0, 0.05) is 0 Å². The third kappa shape index (κ3) is 12.2. The Bertz CT molecular complexity index is 922. The van der Waals surface area contributed by atoms with Gasteiger partial charge in [-0.15, -0.1) is 0 Å². The molecule has 0 radical (unpaired) electrons. The second-order valence-electron chi connectivity index (χ2n) is 11.9. The van der Waals surface area contributed by atoms with Gasteiger partial charge >= 0.3 is 12.4 Å². The smallest absolute Gasteiger partial charge is 0.388 e. The molecule has 4 atom stereocenters. The second kappa shape index (κ2) is 16.8. The highest BCUT2D eigenvalue weighted by molar-refractivity contribution is 5.35. The fourth-order valence-electron chi connectivity index (χ4n) is 6.12. The Balaban J connectivity index is 0.00000411. The molecule has 0 amide bonds. The van der Waals surface area contributed by atoms with E-state index in [-0.39, 0.29) is 11.8 Å². The first kappa shape index (κ1) is 37.3. The van der Waals surface area contributed by atoms with Gasteiger partial charge < -0.3 is 5.11 Å². The Labute approximate surface area is 244 Å². The van der Waals surface area contributed by atoms with Crippen molar-refractivity contribution in [3.8, 4) is 0 Å². The summed E-state index contributed by atoms with van der Waals surface area (Å²) in [5.74, 6) is -2.52. The minimum absolute atomic E-state index is 0.0990. The molecular formula is C34H52F6O. The van der Waals surface area contributed by atoms with Crippen LogP contribution in [-0.4, -0.2) is 23.6 Å². The van der Waals surface area contributed by atoms with E-state index in [1.165, 1.54) is 11.6 Å². The Morgan fingerprint density at radius 3 is 2.39 bits per heavy atom. The van der Waals surface area contributed by atoms with Gasteiger partial charge in [-0.25, -0.2) is 0 Å². The van der Waals surface area contributed by atoms with Crippen molar-refractivity contribution in [3.05, 3.63) is 59.8 Å². The van der Waals surface area contributed by atoms with Crippen molar-refractivity contribution in [3.63, 3.8) is 0 Å². The first-order valence-corrected chi connectivity index (χ1v) is 15.4. The monoisotopic (exact) mass is 590 g/mol. The van der Waals surface area contributed by atoms with Crippen molar-refractivity contribution in [2.24, 2.45) is 16.7 Å². The van der Waals surface area contributed by atoms with E-state index >= 15 is 0 Å².